The lowest BCUT2D eigenvalue weighted by Gasteiger charge is -2.16. The molecule has 3 N–H and O–H groups in total. The van der Waals surface area contributed by atoms with Crippen molar-refractivity contribution in [1.29, 1.82) is 0 Å². The average Bonchev–Trinajstić information content (AvgIpc) is 2.89. The highest BCUT2D eigenvalue weighted by Crippen LogP contribution is 2.30. The molecular formula is C18H22N2O2. The molecule has 2 aromatic rings. The summed E-state index contributed by atoms with van der Waals surface area (Å²) in [4.78, 5) is 2.34. The second-order valence-corrected chi connectivity index (χ2v) is 5.88. The molecule has 2 atom stereocenters. The van der Waals surface area contributed by atoms with Crippen molar-refractivity contribution in [3.63, 3.8) is 0 Å². The van der Waals surface area contributed by atoms with E-state index in [1.807, 2.05) is 12.1 Å². The highest BCUT2D eigenvalue weighted by Gasteiger charge is 2.31. The number of phenols is 1. The van der Waals surface area contributed by atoms with Gasteiger partial charge in [-0.25, -0.2) is 0 Å². The van der Waals surface area contributed by atoms with E-state index in [2.05, 4.69) is 29.2 Å². The van der Waals surface area contributed by atoms with E-state index in [1.54, 1.807) is 19.2 Å². The molecule has 1 aliphatic heterocycles. The van der Waals surface area contributed by atoms with Gasteiger partial charge in [0.15, 0.2) is 11.5 Å². The second kappa shape index (κ2) is 6.38. The quantitative estimate of drug-likeness (QED) is 0.909. The monoisotopic (exact) mass is 298 g/mol. The summed E-state index contributed by atoms with van der Waals surface area (Å²) in [6.45, 7) is 2.60. The number of methoxy groups -OCH3 is 1. The molecule has 22 heavy (non-hydrogen) atoms. The van der Waals surface area contributed by atoms with Crippen LogP contribution in [0.4, 0.5) is 0 Å². The molecule has 0 aromatic heterocycles. The van der Waals surface area contributed by atoms with Crippen LogP contribution in [-0.2, 0) is 6.54 Å². The Labute approximate surface area is 131 Å². The van der Waals surface area contributed by atoms with Crippen LogP contribution in [0, 0.1) is 0 Å². The lowest BCUT2D eigenvalue weighted by atomic mass is 9.95. The predicted molar refractivity (Wildman–Crippen MR) is 87.1 cm³/mol. The zero-order valence-electron chi connectivity index (χ0n) is 12.8. The van der Waals surface area contributed by atoms with Crippen molar-refractivity contribution >= 4 is 0 Å². The molecule has 0 aliphatic carbocycles. The summed E-state index contributed by atoms with van der Waals surface area (Å²) in [5.41, 5.74) is 8.69. The van der Waals surface area contributed by atoms with Crippen molar-refractivity contribution in [2.24, 2.45) is 5.73 Å². The molecule has 0 radical (unpaired) electrons. The summed E-state index contributed by atoms with van der Waals surface area (Å²) in [5, 5.41) is 9.88. The van der Waals surface area contributed by atoms with Gasteiger partial charge in [-0.3, -0.25) is 4.90 Å². The first-order chi connectivity index (χ1) is 10.7. The van der Waals surface area contributed by atoms with E-state index in [-0.39, 0.29) is 11.8 Å². The molecule has 1 fully saturated rings. The van der Waals surface area contributed by atoms with Crippen molar-refractivity contribution in [3.8, 4) is 11.5 Å². The number of ether oxygens (including phenoxy) is 1. The third-order valence-corrected chi connectivity index (χ3v) is 4.32. The Hall–Kier alpha value is -2.04. The summed E-state index contributed by atoms with van der Waals surface area (Å²) in [6.07, 6.45) is 0. The van der Waals surface area contributed by atoms with Crippen LogP contribution in [0.1, 0.15) is 17.0 Å². The Morgan fingerprint density at radius 2 is 1.95 bits per heavy atom. The fourth-order valence-electron chi connectivity index (χ4n) is 3.19. The summed E-state index contributed by atoms with van der Waals surface area (Å²) in [5.74, 6) is 1.06. The first-order valence-electron chi connectivity index (χ1n) is 7.56. The van der Waals surface area contributed by atoms with Crippen molar-refractivity contribution in [3.05, 3.63) is 59.7 Å². The Bertz CT molecular complexity index is 630. The van der Waals surface area contributed by atoms with Gasteiger partial charge in [-0.15, -0.1) is 0 Å². The Balaban J connectivity index is 1.69. The molecule has 1 aliphatic rings. The van der Waals surface area contributed by atoms with E-state index in [0.717, 1.165) is 25.2 Å². The van der Waals surface area contributed by atoms with Crippen LogP contribution in [0.3, 0.4) is 0 Å². The van der Waals surface area contributed by atoms with E-state index >= 15 is 0 Å². The zero-order chi connectivity index (χ0) is 15.5. The number of nitrogens with zero attached hydrogens (tertiary/aromatic N) is 1. The molecule has 0 amide bonds. The highest BCUT2D eigenvalue weighted by atomic mass is 16.5. The van der Waals surface area contributed by atoms with Gasteiger partial charge >= 0.3 is 0 Å². The third kappa shape index (κ3) is 3.08. The van der Waals surface area contributed by atoms with Crippen molar-refractivity contribution in [1.82, 2.24) is 4.90 Å². The Morgan fingerprint density at radius 1 is 1.18 bits per heavy atom. The maximum Gasteiger partial charge on any atom is 0.160 e. The molecule has 1 saturated heterocycles. The molecule has 0 spiro atoms. The van der Waals surface area contributed by atoms with Crippen molar-refractivity contribution in [2.45, 2.75) is 18.5 Å². The summed E-state index contributed by atoms with van der Waals surface area (Å²) >= 11 is 0. The van der Waals surface area contributed by atoms with Gasteiger partial charge in [0.1, 0.15) is 0 Å². The van der Waals surface area contributed by atoms with E-state index in [0.29, 0.717) is 11.7 Å². The van der Waals surface area contributed by atoms with Crippen molar-refractivity contribution < 1.29 is 9.84 Å². The largest absolute Gasteiger partial charge is 0.504 e. The molecule has 4 heteroatoms. The standard InChI is InChI=1S/C18H22N2O2/c1-22-18-8-7-13(9-17(18)21)10-20-11-15(16(19)12-20)14-5-3-2-4-6-14/h2-9,15-16,21H,10-12,19H2,1H3/t15-,16+/m0/s1. The summed E-state index contributed by atoms with van der Waals surface area (Å²) in [7, 11) is 1.55. The van der Waals surface area contributed by atoms with Gasteiger partial charge in [0.05, 0.1) is 7.11 Å². The summed E-state index contributed by atoms with van der Waals surface area (Å²) < 4.78 is 5.08. The SMILES string of the molecule is COc1ccc(CN2C[C@@H](N)[C@H](c3ccccc3)C2)cc1O. The highest BCUT2D eigenvalue weighted by molar-refractivity contribution is 5.41. The van der Waals surface area contributed by atoms with Crippen molar-refractivity contribution in [2.75, 3.05) is 20.2 Å². The van der Waals surface area contributed by atoms with Crippen LogP contribution in [0.15, 0.2) is 48.5 Å². The minimum atomic E-state index is 0.147. The van der Waals surface area contributed by atoms with E-state index in [1.165, 1.54) is 5.56 Å². The number of phenolic OH excluding ortho intramolecular Hbond substituents is 1. The average molecular weight is 298 g/mol. The fourth-order valence-corrected chi connectivity index (χ4v) is 3.19. The number of hydrogen-bond acceptors (Lipinski definition) is 4. The van der Waals surface area contributed by atoms with Gasteiger partial charge in [-0.1, -0.05) is 36.4 Å². The molecule has 0 bridgehead atoms. The van der Waals surface area contributed by atoms with E-state index in [9.17, 15) is 5.11 Å². The lowest BCUT2D eigenvalue weighted by molar-refractivity contribution is 0.322. The molecule has 116 valence electrons. The van der Waals surface area contributed by atoms with E-state index in [4.69, 9.17) is 10.5 Å². The molecule has 0 unspecified atom stereocenters. The number of hydrogen-bond donors (Lipinski definition) is 2. The Kier molecular flexibility index (Phi) is 4.32. The summed E-state index contributed by atoms with van der Waals surface area (Å²) in [6, 6.07) is 16.1. The van der Waals surface area contributed by atoms with Gasteiger partial charge in [-0.05, 0) is 23.3 Å². The first kappa shape index (κ1) is 14.9. The molecular weight excluding hydrogens is 276 g/mol. The maximum absolute atomic E-state index is 9.88. The number of rotatable bonds is 4. The van der Waals surface area contributed by atoms with Gasteiger partial charge < -0.3 is 15.6 Å². The lowest BCUT2D eigenvalue weighted by Crippen LogP contribution is -2.28. The molecule has 4 nitrogen and oxygen atoms in total. The number of aromatic hydroxyl groups is 1. The zero-order valence-corrected chi connectivity index (χ0v) is 12.8. The predicted octanol–water partition coefficient (Wildman–Crippen LogP) is 2.33. The van der Waals surface area contributed by atoms with Gasteiger partial charge in [0, 0.05) is 31.6 Å². The van der Waals surface area contributed by atoms with E-state index < -0.39 is 0 Å². The molecule has 0 saturated carbocycles. The third-order valence-electron chi connectivity index (χ3n) is 4.32. The minimum Gasteiger partial charge on any atom is -0.504 e. The number of likely N-dealkylation sites (tertiary alicyclic amines) is 1. The fraction of sp³-hybridized carbons (Fsp3) is 0.333. The van der Waals surface area contributed by atoms with Crippen LogP contribution in [0.25, 0.3) is 0 Å². The second-order valence-electron chi connectivity index (χ2n) is 5.88. The van der Waals surface area contributed by atoms with Crippen LogP contribution in [0.2, 0.25) is 0 Å². The maximum atomic E-state index is 9.88. The number of nitrogens with two attached hydrogens (primary N) is 1. The van der Waals surface area contributed by atoms with Crippen LogP contribution in [-0.4, -0.2) is 36.2 Å². The molecule has 2 aromatic carbocycles. The molecule has 1 heterocycles. The normalized spacial score (nSPS) is 21.9. The smallest absolute Gasteiger partial charge is 0.160 e. The number of benzene rings is 2. The minimum absolute atomic E-state index is 0.147. The van der Waals surface area contributed by atoms with Crippen LogP contribution >= 0.6 is 0 Å². The van der Waals surface area contributed by atoms with Crippen LogP contribution in [0.5, 0.6) is 11.5 Å². The Morgan fingerprint density at radius 3 is 2.64 bits per heavy atom. The molecule has 3 rings (SSSR count). The first-order valence-corrected chi connectivity index (χ1v) is 7.56. The van der Waals surface area contributed by atoms with Gasteiger partial charge in [-0.2, -0.15) is 0 Å². The van der Waals surface area contributed by atoms with Gasteiger partial charge in [0.2, 0.25) is 0 Å². The van der Waals surface area contributed by atoms with Crippen LogP contribution < -0.4 is 10.5 Å². The topological polar surface area (TPSA) is 58.7 Å². The van der Waals surface area contributed by atoms with Gasteiger partial charge in [0.25, 0.3) is 0 Å².